The van der Waals surface area contributed by atoms with Crippen molar-refractivity contribution < 1.29 is 14.7 Å². The molecule has 0 saturated heterocycles. The van der Waals surface area contributed by atoms with Crippen LogP contribution >= 0.6 is 0 Å². The van der Waals surface area contributed by atoms with Gasteiger partial charge < -0.3 is 10.4 Å². The van der Waals surface area contributed by atoms with Crippen LogP contribution in [0.15, 0.2) is 12.4 Å². The largest absolute Gasteiger partial charge is 0.481 e. The highest BCUT2D eigenvalue weighted by Crippen LogP contribution is 2.27. The van der Waals surface area contributed by atoms with Gasteiger partial charge in [-0.05, 0) is 19.3 Å². The molecule has 0 aliphatic rings. The van der Waals surface area contributed by atoms with Gasteiger partial charge in [0.25, 0.3) is 0 Å². The maximum atomic E-state index is 12.1. The number of nitrogens with zero attached hydrogens (tertiary/aromatic N) is 2. The number of carbonyl (C=O) groups is 2. The van der Waals surface area contributed by atoms with E-state index in [1.54, 1.807) is 31.6 Å². The van der Waals surface area contributed by atoms with Crippen LogP contribution in [0.1, 0.15) is 40.7 Å². The Kier molecular flexibility index (Phi) is 4.34. The van der Waals surface area contributed by atoms with Gasteiger partial charge in [0.2, 0.25) is 5.91 Å². The minimum absolute atomic E-state index is 0.184. The van der Waals surface area contributed by atoms with Gasteiger partial charge >= 0.3 is 5.97 Å². The van der Waals surface area contributed by atoms with Gasteiger partial charge in [-0.1, -0.05) is 20.8 Å². The molecule has 0 radical (unpaired) electrons. The zero-order valence-corrected chi connectivity index (χ0v) is 12.0. The molecule has 0 bridgehead atoms. The molecule has 1 unspecified atom stereocenters. The van der Waals surface area contributed by atoms with Crippen LogP contribution < -0.4 is 5.32 Å². The Balaban J connectivity index is 2.85. The van der Waals surface area contributed by atoms with Gasteiger partial charge in [-0.2, -0.15) is 5.10 Å². The van der Waals surface area contributed by atoms with Crippen LogP contribution in [0.2, 0.25) is 0 Å². The summed E-state index contributed by atoms with van der Waals surface area (Å²) in [7, 11) is 0. The first-order valence-corrected chi connectivity index (χ1v) is 6.20. The van der Waals surface area contributed by atoms with Crippen molar-refractivity contribution >= 4 is 17.6 Å². The number of anilines is 1. The van der Waals surface area contributed by atoms with Gasteiger partial charge in [-0.3, -0.25) is 14.3 Å². The van der Waals surface area contributed by atoms with Gasteiger partial charge in [0.1, 0.15) is 5.92 Å². The van der Waals surface area contributed by atoms with E-state index in [1.807, 2.05) is 13.8 Å². The lowest BCUT2D eigenvalue weighted by Gasteiger charge is -2.25. The Morgan fingerprint density at radius 2 is 1.95 bits per heavy atom. The standard InChI is InChI=1S/C13H21N3O3/c1-8(2)16-7-9(6-14-16)15-11(17)10(12(18)19)13(3,4)5/h6-8,10H,1-5H3,(H,15,17)(H,18,19). The Bertz CT molecular complexity index is 472. The van der Waals surface area contributed by atoms with E-state index in [4.69, 9.17) is 5.11 Å². The molecule has 0 aliphatic heterocycles. The summed E-state index contributed by atoms with van der Waals surface area (Å²) in [4.78, 5) is 23.3. The zero-order valence-electron chi connectivity index (χ0n) is 12.0. The molecule has 0 saturated carbocycles. The summed E-state index contributed by atoms with van der Waals surface area (Å²) in [5.74, 6) is -2.75. The predicted molar refractivity (Wildman–Crippen MR) is 71.8 cm³/mol. The summed E-state index contributed by atoms with van der Waals surface area (Å²) in [5, 5.41) is 15.9. The van der Waals surface area contributed by atoms with Gasteiger partial charge in [0.05, 0.1) is 11.9 Å². The van der Waals surface area contributed by atoms with Crippen molar-refractivity contribution in [1.29, 1.82) is 0 Å². The van der Waals surface area contributed by atoms with Crippen LogP contribution in [0, 0.1) is 11.3 Å². The van der Waals surface area contributed by atoms with E-state index in [9.17, 15) is 9.59 Å². The molecule has 6 nitrogen and oxygen atoms in total. The fraction of sp³-hybridized carbons (Fsp3) is 0.615. The molecule has 6 heteroatoms. The third-order valence-electron chi connectivity index (χ3n) is 2.77. The molecule has 1 amide bonds. The number of hydrogen-bond donors (Lipinski definition) is 2. The van der Waals surface area contributed by atoms with Crippen molar-refractivity contribution in [3.8, 4) is 0 Å². The monoisotopic (exact) mass is 267 g/mol. The second kappa shape index (κ2) is 5.42. The van der Waals surface area contributed by atoms with Crippen LogP contribution in [0.3, 0.4) is 0 Å². The van der Waals surface area contributed by atoms with Crippen LogP contribution in [0.5, 0.6) is 0 Å². The number of aromatic nitrogens is 2. The van der Waals surface area contributed by atoms with Crippen molar-refractivity contribution in [3.05, 3.63) is 12.4 Å². The van der Waals surface area contributed by atoms with Crippen molar-refractivity contribution in [2.45, 2.75) is 40.7 Å². The quantitative estimate of drug-likeness (QED) is 0.819. The molecule has 1 atom stereocenters. The number of hydrogen-bond acceptors (Lipinski definition) is 3. The maximum Gasteiger partial charge on any atom is 0.316 e. The summed E-state index contributed by atoms with van der Waals surface area (Å²) in [6.45, 7) is 9.11. The van der Waals surface area contributed by atoms with E-state index in [-0.39, 0.29) is 6.04 Å². The third kappa shape index (κ3) is 3.81. The van der Waals surface area contributed by atoms with Crippen LogP contribution in [0.25, 0.3) is 0 Å². The summed E-state index contributed by atoms with van der Waals surface area (Å²) in [5.41, 5.74) is -0.140. The molecule has 1 heterocycles. The second-order valence-corrected chi connectivity index (χ2v) is 5.93. The molecule has 106 valence electrons. The van der Waals surface area contributed by atoms with Crippen LogP contribution in [-0.4, -0.2) is 26.8 Å². The second-order valence-electron chi connectivity index (χ2n) is 5.93. The number of nitrogens with one attached hydrogen (secondary N) is 1. The molecule has 2 N–H and O–H groups in total. The molecule has 1 aromatic rings. The summed E-state index contributed by atoms with van der Waals surface area (Å²) in [6.07, 6.45) is 3.20. The molecule has 0 fully saturated rings. The smallest absolute Gasteiger partial charge is 0.316 e. The molecule has 19 heavy (non-hydrogen) atoms. The number of rotatable bonds is 4. The minimum Gasteiger partial charge on any atom is -0.481 e. The molecule has 0 aliphatic carbocycles. The highest BCUT2D eigenvalue weighted by atomic mass is 16.4. The van der Waals surface area contributed by atoms with E-state index < -0.39 is 23.2 Å². The molecular weight excluding hydrogens is 246 g/mol. The highest BCUT2D eigenvalue weighted by molar-refractivity contribution is 6.04. The maximum absolute atomic E-state index is 12.1. The lowest BCUT2D eigenvalue weighted by Crippen LogP contribution is -2.39. The van der Waals surface area contributed by atoms with E-state index in [1.165, 1.54) is 6.20 Å². The lowest BCUT2D eigenvalue weighted by atomic mass is 9.80. The fourth-order valence-corrected chi connectivity index (χ4v) is 1.78. The van der Waals surface area contributed by atoms with Gasteiger partial charge in [-0.15, -0.1) is 0 Å². The van der Waals surface area contributed by atoms with E-state index in [0.29, 0.717) is 5.69 Å². The number of carbonyl (C=O) groups excluding carboxylic acids is 1. The van der Waals surface area contributed by atoms with Gasteiger partial charge in [-0.25, -0.2) is 0 Å². The average molecular weight is 267 g/mol. The Labute approximate surface area is 112 Å². The first-order valence-electron chi connectivity index (χ1n) is 6.20. The van der Waals surface area contributed by atoms with Crippen molar-refractivity contribution in [1.82, 2.24) is 9.78 Å². The topological polar surface area (TPSA) is 84.2 Å². The highest BCUT2D eigenvalue weighted by Gasteiger charge is 2.37. The average Bonchev–Trinajstić information content (AvgIpc) is 2.62. The zero-order chi connectivity index (χ0) is 14.8. The van der Waals surface area contributed by atoms with E-state index in [2.05, 4.69) is 10.4 Å². The SMILES string of the molecule is CC(C)n1cc(NC(=O)C(C(=O)O)C(C)(C)C)cn1. The lowest BCUT2D eigenvalue weighted by molar-refractivity contribution is -0.149. The Hall–Kier alpha value is -1.85. The number of amides is 1. The van der Waals surface area contributed by atoms with E-state index in [0.717, 1.165) is 0 Å². The van der Waals surface area contributed by atoms with Gasteiger partial charge in [0.15, 0.2) is 0 Å². The molecule has 0 spiro atoms. The third-order valence-corrected chi connectivity index (χ3v) is 2.77. The van der Waals surface area contributed by atoms with Crippen LogP contribution in [0.4, 0.5) is 5.69 Å². The molecular formula is C13H21N3O3. The number of aliphatic carboxylic acids is 1. The van der Waals surface area contributed by atoms with Crippen molar-refractivity contribution in [2.75, 3.05) is 5.32 Å². The van der Waals surface area contributed by atoms with Crippen LogP contribution in [-0.2, 0) is 9.59 Å². The number of carboxylic acids is 1. The first kappa shape index (κ1) is 15.2. The molecule has 1 rings (SSSR count). The fourth-order valence-electron chi connectivity index (χ4n) is 1.78. The summed E-state index contributed by atoms with van der Waals surface area (Å²) < 4.78 is 1.70. The predicted octanol–water partition coefficient (Wildman–Crippen LogP) is 2.15. The first-order chi connectivity index (χ1) is 8.62. The minimum atomic E-state index is -1.12. The van der Waals surface area contributed by atoms with Crippen molar-refractivity contribution in [2.24, 2.45) is 11.3 Å². The Morgan fingerprint density at radius 1 is 1.37 bits per heavy atom. The van der Waals surface area contributed by atoms with Gasteiger partial charge in [0, 0.05) is 12.2 Å². The molecule has 1 aromatic heterocycles. The van der Waals surface area contributed by atoms with E-state index >= 15 is 0 Å². The molecule has 0 aromatic carbocycles. The summed E-state index contributed by atoms with van der Waals surface area (Å²) in [6, 6.07) is 0.184. The normalized spacial score (nSPS) is 13.4. The number of carboxylic acid groups (broad SMARTS) is 1. The van der Waals surface area contributed by atoms with Crippen molar-refractivity contribution in [3.63, 3.8) is 0 Å². The summed E-state index contributed by atoms with van der Waals surface area (Å²) >= 11 is 0. The Morgan fingerprint density at radius 3 is 2.32 bits per heavy atom.